The number of aliphatic hydroxyl groups excluding tert-OH is 9. The second kappa shape index (κ2) is 19.9. The number of fused-ring (bicyclic) bond motifs is 1. The first-order valence-corrected chi connectivity index (χ1v) is 19.9. The van der Waals surface area contributed by atoms with Crippen LogP contribution < -0.4 is 19.6 Å². The van der Waals surface area contributed by atoms with Crippen LogP contribution in [0.15, 0.2) is 63.8 Å². The maximum atomic E-state index is 14.3. The topological polar surface area (TPSA) is 384 Å². The second-order valence-electron chi connectivity index (χ2n) is 15.3. The van der Waals surface area contributed by atoms with Gasteiger partial charge in [0.25, 0.3) is 0 Å². The molecule has 13 N–H and O–H groups in total. The lowest BCUT2D eigenvalue weighted by Crippen LogP contribution is -2.63. The molecule has 3 fully saturated rings. The van der Waals surface area contributed by atoms with Crippen molar-refractivity contribution in [2.45, 2.75) is 86.0 Å². The minimum Gasteiger partial charge on any atom is -0.507 e. The van der Waals surface area contributed by atoms with Crippen LogP contribution in [0.5, 0.6) is 40.2 Å². The molecule has 3 saturated heterocycles. The quantitative estimate of drug-likeness (QED) is 0.0371. The van der Waals surface area contributed by atoms with Crippen molar-refractivity contribution in [1.29, 1.82) is 0 Å². The zero-order chi connectivity index (χ0) is 47.7. The highest BCUT2D eigenvalue weighted by molar-refractivity contribution is 5.89. The molecule has 7 rings (SSSR count). The number of rotatable bonds is 13. The first-order valence-electron chi connectivity index (χ1n) is 19.9. The number of hydrogen-bond donors (Lipinski definition) is 13. The Hall–Kier alpha value is -5.84. The van der Waals surface area contributed by atoms with Crippen LogP contribution >= 0.6 is 0 Å². The van der Waals surface area contributed by atoms with Gasteiger partial charge in [0.1, 0.15) is 90.1 Å². The first-order chi connectivity index (χ1) is 31.4. The van der Waals surface area contributed by atoms with Crippen molar-refractivity contribution >= 4 is 23.0 Å². The lowest BCUT2D eigenvalue weighted by atomic mass is 9.98. The van der Waals surface area contributed by atoms with Gasteiger partial charge in [-0.25, -0.2) is 4.79 Å². The van der Waals surface area contributed by atoms with Gasteiger partial charge in [0.2, 0.25) is 23.8 Å². The summed E-state index contributed by atoms with van der Waals surface area (Å²) in [5, 5.41) is 135. The number of aromatic hydroxyl groups is 4. The van der Waals surface area contributed by atoms with Gasteiger partial charge in [-0.3, -0.25) is 4.79 Å². The summed E-state index contributed by atoms with van der Waals surface area (Å²) in [5.74, 6) is -4.72. The van der Waals surface area contributed by atoms with Gasteiger partial charge >= 0.3 is 5.97 Å². The summed E-state index contributed by atoms with van der Waals surface area (Å²) < 4.78 is 50.3. The van der Waals surface area contributed by atoms with Crippen molar-refractivity contribution in [3.63, 3.8) is 0 Å². The predicted molar refractivity (Wildman–Crippen MR) is 216 cm³/mol. The van der Waals surface area contributed by atoms with E-state index in [0.717, 1.165) is 30.3 Å². The molecular formula is C42H46O24. The van der Waals surface area contributed by atoms with Crippen molar-refractivity contribution in [3.8, 4) is 51.6 Å². The standard InChI is InChI=1S/C42H46O24/c1-58-23-8-15(2-5-19(23)45)3-7-27(49)59-14-26-31(52)34(55)36(57)41(64-26)66-39-29(50)22(48)13-60-42(39)65-38-32(53)28-21(47)10-17(61-40-35(56)33(54)30(51)25(12-43)63-40)11-24(28)62-37(38)16-4-6-18(44)20(46)9-16/h2-11,22,25-26,29-31,33-36,39-48,50-52,54-57H,12-14H2,1H3/b7-3+/t22-,25-,26-,29+,30-,31-,33+,34+,35-,36-,39+,40-,41+,42+/m1/s1. The molecule has 24 heteroatoms. The highest BCUT2D eigenvalue weighted by atomic mass is 16.8. The smallest absolute Gasteiger partial charge is 0.330 e. The van der Waals surface area contributed by atoms with Crippen LogP contribution in [-0.2, 0) is 28.5 Å². The van der Waals surface area contributed by atoms with E-state index >= 15 is 0 Å². The molecule has 0 radical (unpaired) electrons. The van der Waals surface area contributed by atoms with Gasteiger partial charge in [-0.05, 0) is 42.0 Å². The van der Waals surface area contributed by atoms with Crippen molar-refractivity contribution < 1.29 is 113 Å². The van der Waals surface area contributed by atoms with E-state index in [4.69, 9.17) is 42.3 Å². The van der Waals surface area contributed by atoms with Crippen molar-refractivity contribution in [2.24, 2.45) is 0 Å². The molecule has 0 spiro atoms. The molecule has 3 aliphatic heterocycles. The number of phenolic OH excluding ortho intramolecular Hbond substituents is 4. The molecular weight excluding hydrogens is 888 g/mol. The number of aliphatic hydroxyl groups is 9. The zero-order valence-corrected chi connectivity index (χ0v) is 34.3. The van der Waals surface area contributed by atoms with Gasteiger partial charge in [-0.1, -0.05) is 6.07 Å². The maximum absolute atomic E-state index is 14.3. The molecule has 3 aromatic carbocycles. The van der Waals surface area contributed by atoms with Crippen LogP contribution in [0.2, 0.25) is 0 Å². The third-order valence-electron chi connectivity index (χ3n) is 10.9. The molecule has 4 heterocycles. The number of ether oxygens (including phenoxy) is 8. The van der Waals surface area contributed by atoms with Crippen LogP contribution in [0, 0.1) is 0 Å². The van der Waals surface area contributed by atoms with E-state index in [9.17, 15) is 76.0 Å². The fourth-order valence-electron chi connectivity index (χ4n) is 7.21. The summed E-state index contributed by atoms with van der Waals surface area (Å²) in [6.45, 7) is -2.15. The van der Waals surface area contributed by atoms with Crippen LogP contribution in [-0.4, -0.2) is 185 Å². The van der Waals surface area contributed by atoms with E-state index in [1.54, 1.807) is 0 Å². The maximum Gasteiger partial charge on any atom is 0.330 e. The Bertz CT molecular complexity index is 2460. The minimum absolute atomic E-state index is 0.133. The summed E-state index contributed by atoms with van der Waals surface area (Å²) in [7, 11) is 1.33. The van der Waals surface area contributed by atoms with Crippen LogP contribution in [0.1, 0.15) is 5.56 Å². The van der Waals surface area contributed by atoms with Gasteiger partial charge in [0.05, 0.1) is 20.3 Å². The fraction of sp³-hybridized carbons (Fsp3) is 0.429. The first kappa shape index (κ1) is 48.1. The summed E-state index contributed by atoms with van der Waals surface area (Å²) in [5.41, 5.74) is -1.29. The fourth-order valence-corrected chi connectivity index (χ4v) is 7.21. The molecule has 4 aromatic rings. The molecule has 0 saturated carbocycles. The Balaban J connectivity index is 1.16. The SMILES string of the molecule is COc1cc(/C=C/C(=O)OC[C@H]2O[C@@H](O[C@@H]3[C@H](Oc4c(-c5ccc(O)c(O)c5)oc5cc(O[C@@H]6O[C@H](CO)[C@@H](O)[C@H](O)[C@H]6O)cc(O)c5c4=O)OC[C@@H](O)[C@@H]3O)[C@H](O)[C@@H](O)[C@@H]2O)ccc1O. The van der Waals surface area contributed by atoms with Crippen molar-refractivity contribution in [2.75, 3.05) is 26.9 Å². The predicted octanol–water partition coefficient (Wildman–Crippen LogP) is -2.62. The van der Waals surface area contributed by atoms with Crippen molar-refractivity contribution in [3.05, 3.63) is 70.4 Å². The Morgan fingerprint density at radius 1 is 0.727 bits per heavy atom. The molecule has 0 amide bonds. The molecule has 66 heavy (non-hydrogen) atoms. The van der Waals surface area contributed by atoms with Gasteiger partial charge in [-0.2, -0.15) is 0 Å². The van der Waals surface area contributed by atoms with E-state index in [2.05, 4.69) is 0 Å². The number of carbonyl (C=O) groups is 1. The van der Waals surface area contributed by atoms with E-state index < -0.39 is 157 Å². The summed E-state index contributed by atoms with van der Waals surface area (Å²) in [4.78, 5) is 26.9. The number of esters is 1. The molecule has 0 aliphatic carbocycles. The number of methoxy groups -OCH3 is 1. The average Bonchev–Trinajstić information content (AvgIpc) is 3.29. The third kappa shape index (κ3) is 9.81. The lowest BCUT2D eigenvalue weighted by molar-refractivity contribution is -0.348. The average molecular weight is 935 g/mol. The number of phenols is 4. The molecule has 14 atom stereocenters. The normalized spacial score (nSPS) is 31.4. The van der Waals surface area contributed by atoms with E-state index in [-0.39, 0.29) is 22.8 Å². The van der Waals surface area contributed by atoms with E-state index in [1.165, 1.54) is 37.5 Å². The summed E-state index contributed by atoms with van der Waals surface area (Å²) >= 11 is 0. The van der Waals surface area contributed by atoms with Gasteiger partial charge < -0.3 is 109 Å². The van der Waals surface area contributed by atoms with Gasteiger partial charge in [0.15, 0.2) is 41.2 Å². The second-order valence-corrected chi connectivity index (χ2v) is 15.3. The third-order valence-corrected chi connectivity index (χ3v) is 10.9. The number of hydrogen-bond acceptors (Lipinski definition) is 24. The number of carbonyl (C=O) groups excluding carboxylic acids is 1. The molecule has 3 aliphatic rings. The Labute approximate surface area is 371 Å². The Kier molecular flexibility index (Phi) is 14.5. The highest BCUT2D eigenvalue weighted by Gasteiger charge is 2.50. The monoisotopic (exact) mass is 934 g/mol. The van der Waals surface area contributed by atoms with Gasteiger partial charge in [-0.15, -0.1) is 0 Å². The highest BCUT2D eigenvalue weighted by Crippen LogP contribution is 2.40. The van der Waals surface area contributed by atoms with Crippen LogP contribution in [0.3, 0.4) is 0 Å². The summed E-state index contributed by atoms with van der Waals surface area (Å²) in [6, 6.07) is 9.35. The molecule has 0 bridgehead atoms. The van der Waals surface area contributed by atoms with Crippen LogP contribution in [0.4, 0.5) is 0 Å². The van der Waals surface area contributed by atoms with Crippen LogP contribution in [0.25, 0.3) is 28.4 Å². The van der Waals surface area contributed by atoms with Gasteiger partial charge in [0, 0.05) is 23.8 Å². The lowest BCUT2D eigenvalue weighted by Gasteiger charge is -2.44. The molecule has 0 unspecified atom stereocenters. The summed E-state index contributed by atoms with van der Waals surface area (Å²) in [6.07, 6.45) is -23.2. The Morgan fingerprint density at radius 2 is 1.41 bits per heavy atom. The molecule has 358 valence electrons. The number of benzene rings is 3. The molecule has 1 aromatic heterocycles. The van der Waals surface area contributed by atoms with E-state index in [0.29, 0.717) is 5.56 Å². The minimum atomic E-state index is -2.07. The van der Waals surface area contributed by atoms with E-state index in [1.807, 2.05) is 0 Å². The zero-order valence-electron chi connectivity index (χ0n) is 34.3. The Morgan fingerprint density at radius 3 is 2.11 bits per heavy atom. The van der Waals surface area contributed by atoms with Crippen molar-refractivity contribution in [1.82, 2.24) is 0 Å². The molecule has 24 nitrogen and oxygen atoms in total. The largest absolute Gasteiger partial charge is 0.507 e.